The molecule has 3 N–H and O–H groups in total. The number of β-amino-alcohol motifs (C(OH)–C–C–N with tert-alkyl or cyclic N) is 1. The number of hydrogen-bond donors (Lipinski definition) is 3. The smallest absolute Gasteiger partial charge is 0.251 e. The van der Waals surface area contributed by atoms with Crippen molar-refractivity contribution in [3.8, 4) is 5.75 Å². The average molecular weight is 492 g/mol. The van der Waals surface area contributed by atoms with Crippen LogP contribution in [0.25, 0.3) is 0 Å². The van der Waals surface area contributed by atoms with Crippen molar-refractivity contribution in [3.63, 3.8) is 0 Å². The minimum absolute atomic E-state index is 0.178. The van der Waals surface area contributed by atoms with Gasteiger partial charge < -0.3 is 24.9 Å². The lowest BCUT2D eigenvalue weighted by Gasteiger charge is -2.31. The Bertz CT molecular complexity index is 1160. The number of nitrogens with one attached hydrogen (secondary N) is 2. The maximum atomic E-state index is 12.6. The molecule has 9 nitrogen and oxygen atoms in total. The molecule has 0 fully saturated rings. The van der Waals surface area contributed by atoms with Gasteiger partial charge in [-0.05, 0) is 54.7 Å². The number of hydrogen-bond acceptors (Lipinski definition) is 8. The number of oxazole rings is 1. The molecule has 0 bridgehead atoms. The molecule has 9 heteroatoms. The standard InChI is InChI=1S/C27H33N5O4/c1-3-4-9-29-26-12-20(7-10-30-26)27(34)31-13-22(33)16-32-11-8-24-19(2)25(6-5-21(24)15-32)35-17-23-14-28-18-36-23/h3,5-7,10,12,14,18,22,33H,1,4,8-9,11,13,15-17H2,2H3,(H,29,30)(H,31,34)/t22-/m0/s1. The van der Waals surface area contributed by atoms with E-state index in [0.29, 0.717) is 36.8 Å². The zero-order valence-corrected chi connectivity index (χ0v) is 20.6. The summed E-state index contributed by atoms with van der Waals surface area (Å²) in [5.74, 6) is 1.93. The molecule has 3 aromatic rings. The van der Waals surface area contributed by atoms with Gasteiger partial charge in [0.2, 0.25) is 0 Å². The fraction of sp³-hybridized carbons (Fsp3) is 0.370. The molecule has 4 rings (SSSR count). The van der Waals surface area contributed by atoms with Crippen molar-refractivity contribution in [2.45, 2.75) is 39.0 Å². The van der Waals surface area contributed by atoms with Crippen molar-refractivity contribution >= 4 is 11.7 Å². The van der Waals surface area contributed by atoms with Crippen LogP contribution < -0.4 is 15.4 Å². The predicted octanol–water partition coefficient (Wildman–Crippen LogP) is 3.09. The minimum atomic E-state index is -0.673. The monoisotopic (exact) mass is 491 g/mol. The molecule has 1 aromatic carbocycles. The Balaban J connectivity index is 1.25. The van der Waals surface area contributed by atoms with Gasteiger partial charge >= 0.3 is 0 Å². The largest absolute Gasteiger partial charge is 0.485 e. The van der Waals surface area contributed by atoms with E-state index >= 15 is 0 Å². The first-order chi connectivity index (χ1) is 17.5. The number of ether oxygens (including phenoxy) is 1. The number of aliphatic hydroxyl groups is 1. The number of aliphatic hydroxyl groups excluding tert-OH is 1. The summed E-state index contributed by atoms with van der Waals surface area (Å²) < 4.78 is 11.2. The van der Waals surface area contributed by atoms with E-state index in [1.807, 2.05) is 12.1 Å². The zero-order valence-electron chi connectivity index (χ0n) is 20.6. The molecule has 36 heavy (non-hydrogen) atoms. The van der Waals surface area contributed by atoms with Crippen LogP contribution in [0.1, 0.15) is 39.2 Å². The molecule has 0 aliphatic carbocycles. The van der Waals surface area contributed by atoms with Gasteiger partial charge in [0.15, 0.2) is 12.2 Å². The number of aromatic nitrogens is 2. The Kier molecular flexibility index (Phi) is 8.70. The first-order valence-electron chi connectivity index (χ1n) is 12.1. The van der Waals surface area contributed by atoms with E-state index in [-0.39, 0.29) is 12.5 Å². The van der Waals surface area contributed by atoms with Crippen LogP contribution in [0.15, 0.2) is 60.1 Å². The van der Waals surface area contributed by atoms with Crippen molar-refractivity contribution in [2.75, 3.05) is 31.5 Å². The molecule has 2 aromatic heterocycles. The van der Waals surface area contributed by atoms with Crippen molar-refractivity contribution in [1.82, 2.24) is 20.2 Å². The Morgan fingerprint density at radius 2 is 2.28 bits per heavy atom. The lowest BCUT2D eigenvalue weighted by Crippen LogP contribution is -2.42. The van der Waals surface area contributed by atoms with Gasteiger partial charge in [0, 0.05) is 44.5 Å². The number of nitrogens with zero attached hydrogens (tertiary/aromatic N) is 3. The van der Waals surface area contributed by atoms with Crippen LogP contribution in [0, 0.1) is 6.92 Å². The van der Waals surface area contributed by atoms with Crippen LogP contribution in [0.4, 0.5) is 5.82 Å². The average Bonchev–Trinajstić information content (AvgIpc) is 3.41. The zero-order chi connectivity index (χ0) is 25.3. The molecule has 1 amide bonds. The number of anilines is 1. The SMILES string of the molecule is C=CCCNc1cc(C(=O)NC[C@H](O)CN2CCc3c(ccc(OCc4cnco4)c3C)C2)ccn1. The number of carbonyl (C=O) groups is 1. The second kappa shape index (κ2) is 12.3. The maximum Gasteiger partial charge on any atom is 0.251 e. The molecule has 3 heterocycles. The molecule has 1 aliphatic heterocycles. The van der Waals surface area contributed by atoms with Crippen LogP contribution >= 0.6 is 0 Å². The Morgan fingerprint density at radius 1 is 1.39 bits per heavy atom. The Labute approximate surface area is 211 Å². The first kappa shape index (κ1) is 25.4. The molecule has 1 atom stereocenters. The first-order valence-corrected chi connectivity index (χ1v) is 12.1. The highest BCUT2D eigenvalue weighted by Crippen LogP contribution is 2.29. The highest BCUT2D eigenvalue weighted by Gasteiger charge is 2.22. The quantitative estimate of drug-likeness (QED) is 0.262. The van der Waals surface area contributed by atoms with Gasteiger partial charge in [-0.25, -0.2) is 9.97 Å². The number of pyridine rings is 1. The number of benzene rings is 1. The van der Waals surface area contributed by atoms with Crippen LogP contribution in [-0.4, -0.2) is 58.2 Å². The van der Waals surface area contributed by atoms with Gasteiger partial charge in [-0.15, -0.1) is 6.58 Å². The topological polar surface area (TPSA) is 113 Å². The van der Waals surface area contributed by atoms with E-state index in [4.69, 9.17) is 9.15 Å². The summed E-state index contributed by atoms with van der Waals surface area (Å²) in [5.41, 5.74) is 4.16. The summed E-state index contributed by atoms with van der Waals surface area (Å²) in [6, 6.07) is 7.44. The van der Waals surface area contributed by atoms with E-state index in [1.165, 1.54) is 17.5 Å². The van der Waals surface area contributed by atoms with E-state index in [1.54, 1.807) is 24.5 Å². The normalized spacial score (nSPS) is 14.1. The van der Waals surface area contributed by atoms with Crippen molar-refractivity contribution in [3.05, 3.63) is 83.7 Å². The summed E-state index contributed by atoms with van der Waals surface area (Å²) in [4.78, 5) is 22.9. The summed E-state index contributed by atoms with van der Waals surface area (Å²) in [6.07, 6.45) is 7.47. The van der Waals surface area contributed by atoms with Gasteiger partial charge in [0.25, 0.3) is 5.91 Å². The van der Waals surface area contributed by atoms with Gasteiger partial charge in [0.1, 0.15) is 18.2 Å². The molecule has 0 saturated heterocycles. The summed E-state index contributed by atoms with van der Waals surface area (Å²) in [6.45, 7) is 9.05. The van der Waals surface area contributed by atoms with Crippen LogP contribution in [0.3, 0.4) is 0 Å². The van der Waals surface area contributed by atoms with Crippen molar-refractivity contribution < 1.29 is 19.1 Å². The molecular weight excluding hydrogens is 458 g/mol. The predicted molar refractivity (Wildman–Crippen MR) is 137 cm³/mol. The number of fused-ring (bicyclic) bond motifs is 1. The third-order valence-electron chi connectivity index (χ3n) is 6.22. The summed E-state index contributed by atoms with van der Waals surface area (Å²) in [7, 11) is 0. The molecule has 0 unspecified atom stereocenters. The highest BCUT2D eigenvalue weighted by molar-refractivity contribution is 5.94. The van der Waals surface area contributed by atoms with Gasteiger partial charge in [0.05, 0.1) is 12.3 Å². The lowest BCUT2D eigenvalue weighted by atomic mass is 9.94. The maximum absolute atomic E-state index is 12.6. The summed E-state index contributed by atoms with van der Waals surface area (Å²) in [5, 5.41) is 16.6. The van der Waals surface area contributed by atoms with Crippen LogP contribution in [-0.2, 0) is 19.6 Å². The van der Waals surface area contributed by atoms with E-state index < -0.39 is 6.10 Å². The highest BCUT2D eigenvalue weighted by atomic mass is 16.5. The van der Waals surface area contributed by atoms with Crippen molar-refractivity contribution in [1.29, 1.82) is 0 Å². The molecular formula is C27H33N5O4. The fourth-order valence-corrected chi connectivity index (χ4v) is 4.30. The molecule has 0 radical (unpaired) electrons. The second-order valence-electron chi connectivity index (χ2n) is 8.87. The lowest BCUT2D eigenvalue weighted by molar-refractivity contribution is 0.0841. The Hall–Kier alpha value is -3.69. The molecule has 190 valence electrons. The third kappa shape index (κ3) is 6.71. The van der Waals surface area contributed by atoms with E-state index in [0.717, 1.165) is 37.2 Å². The van der Waals surface area contributed by atoms with E-state index in [2.05, 4.69) is 45.1 Å². The third-order valence-corrected chi connectivity index (χ3v) is 6.22. The van der Waals surface area contributed by atoms with Crippen LogP contribution in [0.5, 0.6) is 5.75 Å². The number of amides is 1. The van der Waals surface area contributed by atoms with Gasteiger partial charge in [-0.3, -0.25) is 9.69 Å². The number of carbonyl (C=O) groups excluding carboxylic acids is 1. The van der Waals surface area contributed by atoms with Gasteiger partial charge in [-0.1, -0.05) is 12.1 Å². The summed E-state index contributed by atoms with van der Waals surface area (Å²) >= 11 is 0. The van der Waals surface area contributed by atoms with Crippen molar-refractivity contribution in [2.24, 2.45) is 0 Å². The van der Waals surface area contributed by atoms with Crippen LogP contribution in [0.2, 0.25) is 0 Å². The molecule has 0 saturated carbocycles. The number of rotatable bonds is 12. The minimum Gasteiger partial charge on any atom is -0.485 e. The van der Waals surface area contributed by atoms with E-state index in [9.17, 15) is 9.90 Å². The molecule has 0 spiro atoms. The van der Waals surface area contributed by atoms with Gasteiger partial charge in [-0.2, -0.15) is 0 Å². The molecule has 1 aliphatic rings. The second-order valence-corrected chi connectivity index (χ2v) is 8.87. The fourth-order valence-electron chi connectivity index (χ4n) is 4.30. The Morgan fingerprint density at radius 3 is 3.08 bits per heavy atom.